The van der Waals surface area contributed by atoms with E-state index in [9.17, 15) is 43.5 Å². The number of nitrogens with one attached hydrogen (secondary N) is 1. The van der Waals surface area contributed by atoms with Gasteiger partial charge in [0.1, 0.15) is 42.7 Å². The van der Waals surface area contributed by atoms with Crippen molar-refractivity contribution in [3.8, 4) is 0 Å². The number of carboxylic acids is 1. The van der Waals surface area contributed by atoms with Crippen LogP contribution in [0.25, 0.3) is 0 Å². The van der Waals surface area contributed by atoms with Crippen molar-refractivity contribution in [1.29, 1.82) is 0 Å². The standard InChI is InChI=1S/C14H23NO15S/c1-3(17)15-5-10(9(30-31(24,25)26)4(2-16)27-13(5)23)28-14-8(20)6(18)7(19)11(29-14)12(21)22/h4-11,13-14,16,18-20,23H,2H2,1H3,(H,15,17)(H,21,22)(H,24,25,26)/t4-,5-,6-,7-,8+,9+,10-,11+,13-,14+/m1/s1. The largest absolute Gasteiger partial charge is 0.479 e. The smallest absolute Gasteiger partial charge is 0.397 e. The van der Waals surface area contributed by atoms with E-state index in [1.807, 2.05) is 0 Å². The van der Waals surface area contributed by atoms with Gasteiger partial charge in [-0.3, -0.25) is 9.35 Å². The summed E-state index contributed by atoms with van der Waals surface area (Å²) in [6.45, 7) is 0.0319. The third-order valence-electron chi connectivity index (χ3n) is 4.55. The first kappa shape index (κ1) is 25.7. The number of carbonyl (C=O) groups excluding carboxylic acids is 1. The lowest BCUT2D eigenvalue weighted by Crippen LogP contribution is -2.68. The van der Waals surface area contributed by atoms with Crippen LogP contribution < -0.4 is 5.32 Å². The van der Waals surface area contributed by atoms with E-state index in [0.717, 1.165) is 6.92 Å². The van der Waals surface area contributed by atoms with Gasteiger partial charge < -0.3 is 50.2 Å². The normalized spacial score (nSPS) is 41.5. The van der Waals surface area contributed by atoms with E-state index in [1.165, 1.54) is 0 Å². The lowest BCUT2D eigenvalue weighted by molar-refractivity contribution is -0.334. The zero-order chi connectivity index (χ0) is 23.7. The van der Waals surface area contributed by atoms with Gasteiger partial charge in [0.2, 0.25) is 5.91 Å². The average Bonchev–Trinajstić information content (AvgIpc) is 2.64. The van der Waals surface area contributed by atoms with Crippen LogP contribution in [0.1, 0.15) is 6.92 Å². The monoisotopic (exact) mass is 477 g/mol. The second-order valence-electron chi connectivity index (χ2n) is 6.80. The van der Waals surface area contributed by atoms with Crippen molar-refractivity contribution in [1.82, 2.24) is 5.32 Å². The first-order valence-electron chi connectivity index (χ1n) is 8.72. The van der Waals surface area contributed by atoms with Gasteiger partial charge in [0.05, 0.1) is 6.61 Å². The third kappa shape index (κ3) is 6.05. The lowest BCUT2D eigenvalue weighted by Gasteiger charge is -2.46. The summed E-state index contributed by atoms with van der Waals surface area (Å²) in [7, 11) is -5.22. The predicted octanol–water partition coefficient (Wildman–Crippen LogP) is -5.33. The van der Waals surface area contributed by atoms with E-state index < -0.39 is 90.2 Å². The van der Waals surface area contributed by atoms with Crippen molar-refractivity contribution in [2.75, 3.05) is 6.61 Å². The zero-order valence-corrected chi connectivity index (χ0v) is 16.6. The van der Waals surface area contributed by atoms with E-state index in [4.69, 9.17) is 23.9 Å². The van der Waals surface area contributed by atoms with Crippen molar-refractivity contribution >= 4 is 22.3 Å². The number of aliphatic hydroxyl groups excluding tert-OH is 5. The van der Waals surface area contributed by atoms with Gasteiger partial charge in [-0.05, 0) is 0 Å². The predicted molar refractivity (Wildman–Crippen MR) is 91.2 cm³/mol. The number of aliphatic hydroxyl groups is 5. The molecule has 2 fully saturated rings. The fraction of sp³-hybridized carbons (Fsp3) is 0.857. The van der Waals surface area contributed by atoms with Crippen molar-refractivity contribution in [3.63, 3.8) is 0 Å². The van der Waals surface area contributed by atoms with Crippen molar-refractivity contribution in [3.05, 3.63) is 0 Å². The minimum Gasteiger partial charge on any atom is -0.479 e. The highest BCUT2D eigenvalue weighted by atomic mass is 32.3. The molecule has 0 unspecified atom stereocenters. The highest BCUT2D eigenvalue weighted by Gasteiger charge is 2.53. The number of carboxylic acid groups (broad SMARTS) is 1. The summed E-state index contributed by atoms with van der Waals surface area (Å²) in [5, 5.41) is 60.6. The molecule has 2 heterocycles. The van der Waals surface area contributed by atoms with Gasteiger partial charge in [-0.1, -0.05) is 0 Å². The maximum absolute atomic E-state index is 11.5. The number of aliphatic carboxylic acids is 1. The minimum atomic E-state index is -5.22. The van der Waals surface area contributed by atoms with Crippen LogP contribution in [-0.2, 0) is 38.4 Å². The molecule has 0 bridgehead atoms. The van der Waals surface area contributed by atoms with Crippen LogP contribution in [0.3, 0.4) is 0 Å². The Morgan fingerprint density at radius 3 is 2.13 bits per heavy atom. The molecule has 2 rings (SSSR count). The molecule has 0 aromatic carbocycles. The Hall–Kier alpha value is -1.51. The van der Waals surface area contributed by atoms with Gasteiger partial charge in [0, 0.05) is 6.92 Å². The van der Waals surface area contributed by atoms with Crippen LogP contribution in [0.2, 0.25) is 0 Å². The molecule has 1 amide bonds. The fourth-order valence-electron chi connectivity index (χ4n) is 3.19. The SMILES string of the molecule is CC(=O)N[C@@H]1[C@@H](O[C@H]2O[C@H](C(=O)O)[C@H](O)[C@@H](O)[C@@H]2O)[C@@H](OS(=O)(=O)O)[C@@H](CO)O[C@H]1O. The van der Waals surface area contributed by atoms with E-state index in [2.05, 4.69) is 9.50 Å². The van der Waals surface area contributed by atoms with E-state index in [-0.39, 0.29) is 0 Å². The molecule has 16 nitrogen and oxygen atoms in total. The molecule has 0 spiro atoms. The fourth-order valence-corrected chi connectivity index (χ4v) is 3.71. The second kappa shape index (κ2) is 9.96. The van der Waals surface area contributed by atoms with Crippen LogP contribution in [0.4, 0.5) is 0 Å². The molecule has 0 radical (unpaired) electrons. The van der Waals surface area contributed by atoms with Crippen molar-refractivity contribution in [2.45, 2.75) is 68.3 Å². The van der Waals surface area contributed by atoms with Gasteiger partial charge in [-0.2, -0.15) is 8.42 Å². The highest BCUT2D eigenvalue weighted by molar-refractivity contribution is 7.80. The number of hydrogen-bond donors (Lipinski definition) is 8. The van der Waals surface area contributed by atoms with Crippen molar-refractivity contribution in [2.24, 2.45) is 0 Å². The van der Waals surface area contributed by atoms with Crippen LogP contribution in [0, 0.1) is 0 Å². The van der Waals surface area contributed by atoms with E-state index >= 15 is 0 Å². The van der Waals surface area contributed by atoms with Gasteiger partial charge in [0.15, 0.2) is 18.7 Å². The summed E-state index contributed by atoms with van der Waals surface area (Å²) in [5.74, 6) is -2.52. The summed E-state index contributed by atoms with van der Waals surface area (Å²) in [4.78, 5) is 22.8. The molecule has 17 heteroatoms. The summed E-state index contributed by atoms with van der Waals surface area (Å²) >= 11 is 0. The quantitative estimate of drug-likeness (QED) is 0.159. The van der Waals surface area contributed by atoms with Gasteiger partial charge in [-0.15, -0.1) is 0 Å². The maximum atomic E-state index is 11.5. The van der Waals surface area contributed by atoms with Gasteiger partial charge >= 0.3 is 16.4 Å². The molecule has 2 saturated heterocycles. The maximum Gasteiger partial charge on any atom is 0.397 e. The molecule has 10 atom stereocenters. The summed E-state index contributed by atoms with van der Waals surface area (Å²) in [6, 6.07) is -1.64. The lowest BCUT2D eigenvalue weighted by atomic mass is 9.95. The topological polar surface area (TPSA) is 259 Å². The number of rotatable bonds is 7. The molecule has 31 heavy (non-hydrogen) atoms. The Morgan fingerprint density at radius 1 is 1.03 bits per heavy atom. The van der Waals surface area contributed by atoms with Gasteiger partial charge in [0.25, 0.3) is 0 Å². The molecule has 0 saturated carbocycles. The second-order valence-corrected chi connectivity index (χ2v) is 7.85. The third-order valence-corrected chi connectivity index (χ3v) is 5.02. The number of carbonyl (C=O) groups is 2. The average molecular weight is 477 g/mol. The molecule has 0 aromatic heterocycles. The summed E-state index contributed by atoms with van der Waals surface area (Å²) < 4.78 is 51.3. The Balaban J connectivity index is 2.42. The molecule has 180 valence electrons. The number of ether oxygens (including phenoxy) is 3. The Kier molecular flexibility index (Phi) is 8.27. The van der Waals surface area contributed by atoms with Crippen LogP contribution in [0.15, 0.2) is 0 Å². The van der Waals surface area contributed by atoms with Crippen LogP contribution in [-0.4, -0.2) is 123 Å². The number of hydrogen-bond acceptors (Lipinski definition) is 13. The summed E-state index contributed by atoms with van der Waals surface area (Å²) in [5.41, 5.74) is 0. The Bertz CT molecular complexity index is 761. The zero-order valence-electron chi connectivity index (χ0n) is 15.8. The van der Waals surface area contributed by atoms with E-state index in [0.29, 0.717) is 0 Å². The van der Waals surface area contributed by atoms with Crippen LogP contribution >= 0.6 is 0 Å². The molecule has 2 aliphatic rings. The number of amides is 1. The van der Waals surface area contributed by atoms with E-state index in [1.54, 1.807) is 0 Å². The first-order valence-corrected chi connectivity index (χ1v) is 10.1. The first-order chi connectivity index (χ1) is 14.3. The minimum absolute atomic E-state index is 0.779. The summed E-state index contributed by atoms with van der Waals surface area (Å²) in [6.07, 6.45) is -17.8. The molecular weight excluding hydrogens is 454 g/mol. The van der Waals surface area contributed by atoms with Crippen LogP contribution in [0.5, 0.6) is 0 Å². The Labute approximate surface area is 174 Å². The molecular formula is C14H23NO15S. The molecule has 0 aliphatic carbocycles. The molecule has 8 N–H and O–H groups in total. The van der Waals surface area contributed by atoms with Gasteiger partial charge in [-0.25, -0.2) is 8.98 Å². The molecule has 0 aromatic rings. The molecule has 2 aliphatic heterocycles. The van der Waals surface area contributed by atoms with Crippen molar-refractivity contribution < 1.29 is 71.6 Å². The highest BCUT2D eigenvalue weighted by Crippen LogP contribution is 2.30. The Morgan fingerprint density at radius 2 is 1.65 bits per heavy atom.